The summed E-state index contributed by atoms with van der Waals surface area (Å²) in [6.07, 6.45) is 17.3. The summed E-state index contributed by atoms with van der Waals surface area (Å²) < 4.78 is 19.8. The van der Waals surface area contributed by atoms with Crippen molar-refractivity contribution in [3.8, 4) is 5.75 Å². The average Bonchev–Trinajstić information content (AvgIpc) is 2.71. The van der Waals surface area contributed by atoms with Gasteiger partial charge in [0, 0.05) is 0 Å². The number of rotatable bonds is 6. The van der Waals surface area contributed by atoms with Crippen LogP contribution in [0.15, 0.2) is 24.3 Å². The van der Waals surface area contributed by atoms with Crippen molar-refractivity contribution in [1.29, 1.82) is 0 Å². The van der Waals surface area contributed by atoms with Crippen molar-refractivity contribution in [2.75, 3.05) is 7.11 Å². The SMILES string of the molecule is C/C=C/CCC1CCC(C2CCC(c3ccc(OC)c(Cl)c3F)CC2)CC1. The molecule has 2 fully saturated rings. The van der Waals surface area contributed by atoms with Crippen LogP contribution >= 0.6 is 11.6 Å². The Kier molecular flexibility index (Phi) is 7.64. The van der Waals surface area contributed by atoms with E-state index in [0.717, 1.165) is 36.2 Å². The predicted octanol–water partition coefficient (Wildman–Crippen LogP) is 7.92. The van der Waals surface area contributed by atoms with Crippen LogP contribution in [0.4, 0.5) is 4.39 Å². The Hall–Kier alpha value is -1.02. The smallest absolute Gasteiger partial charge is 0.149 e. The molecule has 0 heterocycles. The van der Waals surface area contributed by atoms with E-state index in [0.29, 0.717) is 11.7 Å². The molecule has 1 aromatic carbocycles. The minimum absolute atomic E-state index is 0.133. The number of hydrogen-bond acceptors (Lipinski definition) is 1. The largest absolute Gasteiger partial charge is 0.495 e. The molecule has 0 saturated heterocycles. The third-order valence-electron chi connectivity index (χ3n) is 7.04. The summed E-state index contributed by atoms with van der Waals surface area (Å²) in [6, 6.07) is 3.68. The Morgan fingerprint density at radius 1 is 1.04 bits per heavy atom. The summed E-state index contributed by atoms with van der Waals surface area (Å²) in [7, 11) is 1.53. The minimum atomic E-state index is -0.277. The number of methoxy groups -OCH3 is 1. The number of ether oxygens (including phenoxy) is 1. The summed E-state index contributed by atoms with van der Waals surface area (Å²) in [6.45, 7) is 2.11. The van der Waals surface area contributed by atoms with Crippen molar-refractivity contribution >= 4 is 11.6 Å². The van der Waals surface area contributed by atoms with Crippen LogP contribution < -0.4 is 4.74 Å². The van der Waals surface area contributed by atoms with Gasteiger partial charge in [0.15, 0.2) is 0 Å². The van der Waals surface area contributed by atoms with Gasteiger partial charge >= 0.3 is 0 Å². The first-order chi connectivity index (χ1) is 13.1. The van der Waals surface area contributed by atoms with Gasteiger partial charge in [-0.3, -0.25) is 0 Å². The molecule has 2 aliphatic carbocycles. The maximum absolute atomic E-state index is 14.6. The molecule has 1 aromatic rings. The average molecular weight is 393 g/mol. The summed E-state index contributed by atoms with van der Waals surface area (Å²) in [5, 5.41) is 0.133. The van der Waals surface area contributed by atoms with Crippen LogP contribution in [-0.4, -0.2) is 7.11 Å². The number of benzene rings is 1. The molecule has 0 aliphatic heterocycles. The van der Waals surface area contributed by atoms with Crippen LogP contribution in [0.25, 0.3) is 0 Å². The number of allylic oxidation sites excluding steroid dienone is 2. The first kappa shape index (κ1) is 20.7. The molecule has 3 heteroatoms. The van der Waals surface area contributed by atoms with Gasteiger partial charge in [-0.05, 0) is 93.6 Å². The summed E-state index contributed by atoms with van der Waals surface area (Å²) in [4.78, 5) is 0. The van der Waals surface area contributed by atoms with Gasteiger partial charge in [0.1, 0.15) is 16.6 Å². The highest BCUT2D eigenvalue weighted by molar-refractivity contribution is 6.32. The monoisotopic (exact) mass is 392 g/mol. The molecule has 27 heavy (non-hydrogen) atoms. The zero-order chi connectivity index (χ0) is 19.2. The van der Waals surface area contributed by atoms with E-state index in [-0.39, 0.29) is 10.8 Å². The van der Waals surface area contributed by atoms with E-state index in [4.69, 9.17) is 16.3 Å². The van der Waals surface area contributed by atoms with Crippen LogP contribution in [0.2, 0.25) is 5.02 Å². The fourth-order valence-electron chi connectivity index (χ4n) is 5.37. The maximum Gasteiger partial charge on any atom is 0.149 e. The minimum Gasteiger partial charge on any atom is -0.495 e. The van der Waals surface area contributed by atoms with E-state index >= 15 is 0 Å². The highest BCUT2D eigenvalue weighted by atomic mass is 35.5. The highest BCUT2D eigenvalue weighted by Gasteiger charge is 2.32. The van der Waals surface area contributed by atoms with Crippen molar-refractivity contribution < 1.29 is 9.13 Å². The Morgan fingerprint density at radius 3 is 2.26 bits per heavy atom. The molecule has 2 aliphatic rings. The third-order valence-corrected chi connectivity index (χ3v) is 7.40. The Balaban J connectivity index is 1.49. The highest BCUT2D eigenvalue weighted by Crippen LogP contribution is 2.45. The van der Waals surface area contributed by atoms with Gasteiger partial charge in [-0.15, -0.1) is 0 Å². The van der Waals surface area contributed by atoms with Gasteiger partial charge in [-0.25, -0.2) is 4.39 Å². The molecule has 0 atom stereocenters. The molecule has 0 radical (unpaired) electrons. The molecule has 1 nitrogen and oxygen atoms in total. The van der Waals surface area contributed by atoms with Crippen molar-refractivity contribution in [3.63, 3.8) is 0 Å². The Labute approximate surface area is 169 Å². The fraction of sp³-hybridized carbons (Fsp3) is 0.667. The molecule has 0 amide bonds. The molecule has 3 rings (SSSR count). The summed E-state index contributed by atoms with van der Waals surface area (Å²) in [5.74, 6) is 3.13. The summed E-state index contributed by atoms with van der Waals surface area (Å²) >= 11 is 6.12. The number of hydrogen-bond donors (Lipinski definition) is 0. The van der Waals surface area contributed by atoms with Crippen molar-refractivity contribution in [2.45, 2.75) is 77.0 Å². The molecule has 150 valence electrons. The van der Waals surface area contributed by atoms with Crippen LogP contribution in [0.3, 0.4) is 0 Å². The molecule has 0 spiro atoms. The van der Waals surface area contributed by atoms with Gasteiger partial charge in [-0.2, -0.15) is 0 Å². The van der Waals surface area contributed by atoms with E-state index in [1.54, 1.807) is 0 Å². The topological polar surface area (TPSA) is 9.23 Å². The lowest BCUT2D eigenvalue weighted by molar-refractivity contribution is 0.156. The zero-order valence-electron chi connectivity index (χ0n) is 16.9. The first-order valence-corrected chi connectivity index (χ1v) is 11.1. The van der Waals surface area contributed by atoms with Gasteiger partial charge in [0.25, 0.3) is 0 Å². The lowest BCUT2D eigenvalue weighted by Crippen LogP contribution is -2.25. The second-order valence-corrected chi connectivity index (χ2v) is 8.90. The van der Waals surface area contributed by atoms with Crippen LogP contribution in [0.1, 0.15) is 82.6 Å². The van der Waals surface area contributed by atoms with Crippen LogP contribution in [0, 0.1) is 23.6 Å². The molecular weight excluding hydrogens is 359 g/mol. The van der Waals surface area contributed by atoms with E-state index in [9.17, 15) is 4.39 Å². The molecule has 0 aromatic heterocycles. The Morgan fingerprint density at radius 2 is 1.67 bits per heavy atom. The quantitative estimate of drug-likeness (QED) is 0.446. The number of halogens is 2. The normalized spacial score (nSPS) is 29.2. The fourth-order valence-corrected chi connectivity index (χ4v) is 5.62. The van der Waals surface area contributed by atoms with Gasteiger partial charge in [0.2, 0.25) is 0 Å². The van der Waals surface area contributed by atoms with Gasteiger partial charge in [0.05, 0.1) is 7.11 Å². The molecular formula is C24H34ClFO. The second kappa shape index (κ2) is 9.96. The van der Waals surface area contributed by atoms with E-state index in [2.05, 4.69) is 19.1 Å². The van der Waals surface area contributed by atoms with Crippen LogP contribution in [0.5, 0.6) is 5.75 Å². The molecule has 0 N–H and O–H groups in total. The maximum atomic E-state index is 14.6. The molecule has 0 unspecified atom stereocenters. The standard InChI is InChI=1S/C24H34ClFO/c1-3-4-5-6-17-7-9-18(10-8-17)19-11-13-20(14-12-19)21-15-16-22(27-2)23(25)24(21)26/h3-4,15-20H,5-14H2,1-2H3/b4-3+. The first-order valence-electron chi connectivity index (χ1n) is 10.8. The van der Waals surface area contributed by atoms with E-state index < -0.39 is 0 Å². The molecule has 0 bridgehead atoms. The second-order valence-electron chi connectivity index (χ2n) is 8.52. The predicted molar refractivity (Wildman–Crippen MR) is 112 cm³/mol. The molecule has 2 saturated carbocycles. The third kappa shape index (κ3) is 5.08. The van der Waals surface area contributed by atoms with Crippen molar-refractivity contribution in [2.24, 2.45) is 17.8 Å². The van der Waals surface area contributed by atoms with E-state index in [1.807, 2.05) is 12.1 Å². The lowest BCUT2D eigenvalue weighted by atomic mass is 9.68. The zero-order valence-corrected chi connectivity index (χ0v) is 17.6. The Bertz CT molecular complexity index is 626. The van der Waals surface area contributed by atoms with Gasteiger partial charge < -0.3 is 4.74 Å². The summed E-state index contributed by atoms with van der Waals surface area (Å²) in [5.41, 5.74) is 0.784. The van der Waals surface area contributed by atoms with Gasteiger partial charge in [-0.1, -0.05) is 42.7 Å². The van der Waals surface area contributed by atoms with E-state index in [1.165, 1.54) is 58.5 Å². The lowest BCUT2D eigenvalue weighted by Gasteiger charge is -2.38. The van der Waals surface area contributed by atoms with Crippen LogP contribution in [-0.2, 0) is 0 Å². The van der Waals surface area contributed by atoms with Crippen molar-refractivity contribution in [3.05, 3.63) is 40.7 Å². The van der Waals surface area contributed by atoms with Crippen molar-refractivity contribution in [1.82, 2.24) is 0 Å².